The summed E-state index contributed by atoms with van der Waals surface area (Å²) in [4.78, 5) is 30.7. The second-order valence-electron chi connectivity index (χ2n) is 7.91. The molecule has 0 radical (unpaired) electrons. The number of amides is 3. The maximum Gasteiger partial charge on any atom is 0.320 e. The minimum absolute atomic E-state index is 0.0943. The molecule has 0 spiro atoms. The number of rotatable bonds is 2. The number of carbonyl (C=O) groups excluding carboxylic acids is 2. The van der Waals surface area contributed by atoms with E-state index in [1.54, 1.807) is 21.6 Å². The molecule has 158 valence electrons. The molecule has 1 unspecified atom stereocenters. The van der Waals surface area contributed by atoms with Gasteiger partial charge < -0.3 is 20.4 Å². The highest BCUT2D eigenvalue weighted by atomic mass is 32.2. The van der Waals surface area contributed by atoms with Crippen molar-refractivity contribution in [2.45, 2.75) is 49.5 Å². The SMILES string of the molecule is Cc1cc2c(cc1C)SC(NC(=O)[C@@H]1CCCCN1C(=O)N1CCS(=O)CC1)N2. The third-order valence-electron chi connectivity index (χ3n) is 5.90. The van der Waals surface area contributed by atoms with Gasteiger partial charge in [-0.3, -0.25) is 9.00 Å². The van der Waals surface area contributed by atoms with Crippen LogP contribution >= 0.6 is 11.8 Å². The maximum absolute atomic E-state index is 13.1. The average molecular weight is 437 g/mol. The molecule has 1 aromatic rings. The number of thioether (sulfide) groups is 1. The molecule has 2 atom stereocenters. The number of likely N-dealkylation sites (tertiary alicyclic amines) is 1. The highest BCUT2D eigenvalue weighted by Gasteiger charge is 2.36. The Morgan fingerprint density at radius 3 is 2.62 bits per heavy atom. The van der Waals surface area contributed by atoms with Gasteiger partial charge in [-0.2, -0.15) is 0 Å². The smallest absolute Gasteiger partial charge is 0.320 e. The van der Waals surface area contributed by atoms with E-state index >= 15 is 0 Å². The van der Waals surface area contributed by atoms with Crippen LogP contribution < -0.4 is 10.6 Å². The Morgan fingerprint density at radius 2 is 1.86 bits per heavy atom. The van der Waals surface area contributed by atoms with E-state index in [4.69, 9.17) is 0 Å². The summed E-state index contributed by atoms with van der Waals surface area (Å²) in [6, 6.07) is 3.72. The van der Waals surface area contributed by atoms with Crippen LogP contribution in [0.15, 0.2) is 17.0 Å². The molecule has 3 amide bonds. The summed E-state index contributed by atoms with van der Waals surface area (Å²) in [5, 5.41) is 6.45. The van der Waals surface area contributed by atoms with Crippen LogP contribution in [0.4, 0.5) is 10.5 Å². The third-order valence-corrected chi connectivity index (χ3v) is 8.24. The number of carbonyl (C=O) groups is 2. The van der Waals surface area contributed by atoms with E-state index in [0.717, 1.165) is 23.4 Å². The van der Waals surface area contributed by atoms with E-state index < -0.39 is 16.8 Å². The van der Waals surface area contributed by atoms with Crippen molar-refractivity contribution in [2.75, 3.05) is 36.5 Å². The molecule has 4 rings (SSSR count). The molecule has 0 aliphatic carbocycles. The summed E-state index contributed by atoms with van der Waals surface area (Å²) in [5.74, 6) is 0.941. The van der Waals surface area contributed by atoms with Crippen molar-refractivity contribution in [2.24, 2.45) is 0 Å². The lowest BCUT2D eigenvalue weighted by Crippen LogP contribution is -2.58. The number of fused-ring (bicyclic) bond motifs is 1. The second-order valence-corrected chi connectivity index (χ2v) is 10.7. The number of nitrogens with zero attached hydrogens (tertiary/aromatic N) is 2. The monoisotopic (exact) mass is 436 g/mol. The van der Waals surface area contributed by atoms with E-state index in [9.17, 15) is 13.8 Å². The van der Waals surface area contributed by atoms with Crippen molar-refractivity contribution in [3.05, 3.63) is 23.3 Å². The zero-order chi connectivity index (χ0) is 20.5. The molecule has 0 bridgehead atoms. The maximum atomic E-state index is 13.1. The van der Waals surface area contributed by atoms with Gasteiger partial charge in [0.05, 0.1) is 5.69 Å². The van der Waals surface area contributed by atoms with Crippen LogP contribution in [0.5, 0.6) is 0 Å². The molecule has 7 nitrogen and oxygen atoms in total. The van der Waals surface area contributed by atoms with Crippen LogP contribution in [-0.4, -0.2) is 68.6 Å². The quantitative estimate of drug-likeness (QED) is 0.743. The van der Waals surface area contributed by atoms with Crippen LogP contribution in [0.1, 0.15) is 30.4 Å². The average Bonchev–Trinajstić information content (AvgIpc) is 3.09. The second kappa shape index (κ2) is 8.55. The minimum atomic E-state index is -0.829. The number of hydrogen-bond donors (Lipinski definition) is 2. The Bertz CT molecular complexity index is 806. The Kier molecular flexibility index (Phi) is 6.06. The number of urea groups is 1. The fraction of sp³-hybridized carbons (Fsp3) is 0.600. The molecule has 3 heterocycles. The van der Waals surface area contributed by atoms with Crippen LogP contribution in [0.25, 0.3) is 0 Å². The first kappa shape index (κ1) is 20.5. The normalized spacial score (nSPS) is 24.8. The number of nitrogens with one attached hydrogen (secondary N) is 2. The molecule has 3 aliphatic heterocycles. The first-order valence-electron chi connectivity index (χ1n) is 10.2. The lowest BCUT2D eigenvalue weighted by Gasteiger charge is -2.39. The first-order chi connectivity index (χ1) is 13.9. The van der Waals surface area contributed by atoms with Gasteiger partial charge in [-0.15, -0.1) is 0 Å². The lowest BCUT2D eigenvalue weighted by molar-refractivity contribution is -0.126. The molecule has 1 aromatic carbocycles. The predicted molar refractivity (Wildman–Crippen MR) is 117 cm³/mol. The molecule has 0 aromatic heterocycles. The molecule has 0 saturated carbocycles. The topological polar surface area (TPSA) is 81.8 Å². The Morgan fingerprint density at radius 1 is 1.14 bits per heavy atom. The van der Waals surface area contributed by atoms with E-state index in [1.807, 2.05) is 0 Å². The summed E-state index contributed by atoms with van der Waals surface area (Å²) >= 11 is 1.60. The van der Waals surface area contributed by atoms with E-state index in [1.165, 1.54) is 11.1 Å². The molecule has 2 N–H and O–H groups in total. The number of benzene rings is 1. The van der Waals surface area contributed by atoms with E-state index in [2.05, 4.69) is 36.6 Å². The highest BCUT2D eigenvalue weighted by Crippen LogP contribution is 2.39. The van der Waals surface area contributed by atoms with Gasteiger partial charge in [0, 0.05) is 46.8 Å². The van der Waals surface area contributed by atoms with Crippen LogP contribution in [0.3, 0.4) is 0 Å². The van der Waals surface area contributed by atoms with Crippen molar-refractivity contribution in [3.63, 3.8) is 0 Å². The fourth-order valence-electron chi connectivity index (χ4n) is 4.03. The van der Waals surface area contributed by atoms with Crippen molar-refractivity contribution < 1.29 is 13.8 Å². The van der Waals surface area contributed by atoms with Gasteiger partial charge in [-0.1, -0.05) is 11.8 Å². The van der Waals surface area contributed by atoms with Crippen molar-refractivity contribution in [1.29, 1.82) is 0 Å². The van der Waals surface area contributed by atoms with E-state index in [0.29, 0.717) is 37.6 Å². The number of aryl methyl sites for hydroxylation is 2. The van der Waals surface area contributed by atoms with Crippen molar-refractivity contribution in [1.82, 2.24) is 15.1 Å². The van der Waals surface area contributed by atoms with Gasteiger partial charge in [0.1, 0.15) is 6.04 Å². The molecule has 9 heteroatoms. The van der Waals surface area contributed by atoms with Crippen LogP contribution in [0, 0.1) is 13.8 Å². The summed E-state index contributed by atoms with van der Waals surface area (Å²) in [7, 11) is -0.829. The molecular formula is C20H28N4O3S2. The Labute approximate surface area is 178 Å². The number of anilines is 1. The minimum Gasteiger partial charge on any atom is -0.356 e. The van der Waals surface area contributed by atoms with Gasteiger partial charge in [0.15, 0.2) is 5.50 Å². The number of hydrogen-bond acceptors (Lipinski definition) is 5. The van der Waals surface area contributed by atoms with Gasteiger partial charge in [0.2, 0.25) is 5.91 Å². The largest absolute Gasteiger partial charge is 0.356 e. The van der Waals surface area contributed by atoms with E-state index in [-0.39, 0.29) is 17.4 Å². The van der Waals surface area contributed by atoms with Crippen molar-refractivity contribution >= 4 is 40.2 Å². The van der Waals surface area contributed by atoms with Gasteiger partial charge in [-0.05, 0) is 56.4 Å². The molecule has 2 saturated heterocycles. The Balaban J connectivity index is 1.40. The molecule has 2 fully saturated rings. The summed E-state index contributed by atoms with van der Waals surface area (Å²) in [5.41, 5.74) is 3.27. The van der Waals surface area contributed by atoms with Crippen LogP contribution in [-0.2, 0) is 15.6 Å². The van der Waals surface area contributed by atoms with Gasteiger partial charge in [-0.25, -0.2) is 4.79 Å². The molecular weight excluding hydrogens is 408 g/mol. The molecule has 29 heavy (non-hydrogen) atoms. The first-order valence-corrected chi connectivity index (χ1v) is 12.5. The highest BCUT2D eigenvalue weighted by molar-refractivity contribution is 8.00. The zero-order valence-corrected chi connectivity index (χ0v) is 18.5. The van der Waals surface area contributed by atoms with Crippen LogP contribution in [0.2, 0.25) is 0 Å². The van der Waals surface area contributed by atoms with Gasteiger partial charge >= 0.3 is 6.03 Å². The summed E-state index contributed by atoms with van der Waals surface area (Å²) in [6.45, 7) is 5.77. The third kappa shape index (κ3) is 4.40. The van der Waals surface area contributed by atoms with Gasteiger partial charge in [0.25, 0.3) is 0 Å². The standard InChI is InChI=1S/C20H28N4O3S2/c1-13-11-15-17(12-14(13)2)28-19(21-15)22-18(25)16-5-3-4-6-24(16)20(26)23-7-9-29(27)10-8-23/h11-12,16,19,21H,3-10H2,1-2H3,(H,22,25)/t16-,19?/m0/s1. The lowest BCUT2D eigenvalue weighted by atomic mass is 10.0. The van der Waals surface area contributed by atoms with Crippen molar-refractivity contribution in [3.8, 4) is 0 Å². The number of piperidine rings is 1. The summed E-state index contributed by atoms with van der Waals surface area (Å²) < 4.78 is 11.6. The Hall–Kier alpha value is -1.74. The molecule has 3 aliphatic rings. The predicted octanol–water partition coefficient (Wildman–Crippen LogP) is 2.26. The fourth-order valence-corrected chi connectivity index (χ4v) is 6.19. The zero-order valence-electron chi connectivity index (χ0n) is 16.9. The summed E-state index contributed by atoms with van der Waals surface area (Å²) in [6.07, 6.45) is 2.53.